The van der Waals surface area contributed by atoms with Crippen LogP contribution in [0.5, 0.6) is 0 Å². The Morgan fingerprint density at radius 1 is 0.952 bits per heavy atom. The summed E-state index contributed by atoms with van der Waals surface area (Å²) in [5, 5.41) is 13.1. The topological polar surface area (TPSA) is 82.5 Å². The number of carboxylic acid groups (broad SMARTS) is 1. The van der Waals surface area contributed by atoms with Crippen molar-refractivity contribution in [2.75, 3.05) is 11.4 Å². The molecule has 0 atom stereocenters. The predicted octanol–water partition coefficient (Wildman–Crippen LogP) is 8.04. The minimum atomic E-state index is -5.13. The molecule has 1 heterocycles. The zero-order valence-electron chi connectivity index (χ0n) is 21.3. The van der Waals surface area contributed by atoms with Crippen LogP contribution in [-0.2, 0) is 23.7 Å². The molecule has 1 aromatic heterocycles. The van der Waals surface area contributed by atoms with Crippen molar-refractivity contribution in [2.24, 2.45) is 0 Å². The average molecular weight is 628 g/mol. The van der Waals surface area contributed by atoms with E-state index in [1.165, 1.54) is 24.3 Å². The second-order valence-electron chi connectivity index (χ2n) is 8.91. The van der Waals surface area contributed by atoms with Gasteiger partial charge in [-0.3, -0.25) is 9.59 Å². The molecule has 0 saturated heterocycles. The third-order valence-electron chi connectivity index (χ3n) is 5.97. The van der Waals surface area contributed by atoms with Gasteiger partial charge in [-0.25, -0.2) is 4.98 Å². The second kappa shape index (κ2) is 12.4. The molecule has 1 amide bonds. The highest BCUT2D eigenvalue weighted by Crippen LogP contribution is 2.44. The molecule has 0 saturated carbocycles. The number of hydrogen-bond donors (Lipinski definition) is 2. The number of rotatable bonds is 9. The lowest BCUT2D eigenvalue weighted by atomic mass is 10.1. The van der Waals surface area contributed by atoms with Crippen LogP contribution in [-0.4, -0.2) is 28.5 Å². The molecular weight excluding hydrogens is 608 g/mol. The van der Waals surface area contributed by atoms with Crippen LogP contribution in [0.2, 0.25) is 5.02 Å². The fourth-order valence-corrected chi connectivity index (χ4v) is 5.01. The van der Waals surface area contributed by atoms with Gasteiger partial charge in [0.15, 0.2) is 5.13 Å². The van der Waals surface area contributed by atoms with Crippen LogP contribution in [0.25, 0.3) is 11.3 Å². The van der Waals surface area contributed by atoms with Crippen LogP contribution in [0, 0.1) is 0 Å². The number of nitrogens with one attached hydrogen (secondary N) is 1. The van der Waals surface area contributed by atoms with E-state index >= 15 is 0 Å². The number of carboxylic acids is 1. The molecule has 0 aliphatic rings. The van der Waals surface area contributed by atoms with Crippen molar-refractivity contribution in [3.05, 3.63) is 99.4 Å². The molecule has 0 unspecified atom stereocenters. The van der Waals surface area contributed by atoms with Crippen molar-refractivity contribution in [1.82, 2.24) is 10.3 Å². The maximum atomic E-state index is 14.1. The van der Waals surface area contributed by atoms with E-state index in [1.54, 1.807) is 29.6 Å². The van der Waals surface area contributed by atoms with Crippen molar-refractivity contribution in [1.29, 1.82) is 0 Å². The molecule has 0 aliphatic carbocycles. The summed E-state index contributed by atoms with van der Waals surface area (Å²) in [4.78, 5) is 28.6. The normalized spacial score (nSPS) is 11.8. The Bertz CT molecular complexity index is 1590. The Morgan fingerprint density at radius 3 is 2.26 bits per heavy atom. The average Bonchev–Trinajstić information content (AvgIpc) is 3.40. The highest BCUT2D eigenvalue weighted by molar-refractivity contribution is 7.14. The molecule has 0 bridgehead atoms. The number of benzene rings is 3. The quantitative estimate of drug-likeness (QED) is 0.184. The van der Waals surface area contributed by atoms with E-state index in [2.05, 4.69) is 10.3 Å². The van der Waals surface area contributed by atoms with Gasteiger partial charge in [0.1, 0.15) is 0 Å². The number of carbonyl (C=O) groups is 2. The SMILES string of the molecule is O=C(O)CCNC(=O)c1ccc(CN(c2nc(-c3ccccc3Cl)cs2)c2ccc(C(F)(F)F)cc2C(F)(F)F)cc1. The number of thiazole rings is 1. The standard InChI is InChI=1S/C28H20ClF6N3O3S/c29-21-4-2-1-3-19(21)22-15-42-26(37-22)38(23-10-9-18(27(30,31)32)13-20(23)28(33,34)35)14-16-5-7-17(8-6-16)25(41)36-12-11-24(39)40/h1-10,13,15H,11-12,14H2,(H,36,41)(H,39,40). The first kappa shape index (κ1) is 30.8. The van der Waals surface area contributed by atoms with Crippen molar-refractivity contribution in [3.8, 4) is 11.3 Å². The third kappa shape index (κ3) is 7.39. The number of aromatic nitrogens is 1. The first-order valence-corrected chi connectivity index (χ1v) is 13.3. The molecule has 0 aliphatic heterocycles. The molecule has 0 fully saturated rings. The molecular formula is C28H20ClF6N3O3S. The van der Waals surface area contributed by atoms with Crippen molar-refractivity contribution >= 4 is 45.6 Å². The van der Waals surface area contributed by atoms with Gasteiger partial charge in [0.25, 0.3) is 5.91 Å². The van der Waals surface area contributed by atoms with Gasteiger partial charge < -0.3 is 15.3 Å². The van der Waals surface area contributed by atoms with Gasteiger partial charge in [0.2, 0.25) is 0 Å². The van der Waals surface area contributed by atoms with Gasteiger partial charge >= 0.3 is 18.3 Å². The Morgan fingerprint density at radius 2 is 1.64 bits per heavy atom. The van der Waals surface area contributed by atoms with Crippen molar-refractivity contribution < 1.29 is 41.0 Å². The lowest BCUT2D eigenvalue weighted by Crippen LogP contribution is -2.26. The van der Waals surface area contributed by atoms with Crippen LogP contribution >= 0.6 is 22.9 Å². The van der Waals surface area contributed by atoms with E-state index in [0.717, 1.165) is 22.3 Å². The number of halogens is 7. The minimum absolute atomic E-state index is 0.0608. The van der Waals surface area contributed by atoms with Crippen LogP contribution in [0.1, 0.15) is 33.5 Å². The zero-order valence-corrected chi connectivity index (χ0v) is 22.8. The number of carbonyl (C=O) groups excluding carboxylic acids is 1. The van der Waals surface area contributed by atoms with Gasteiger partial charge in [0.05, 0.1) is 35.5 Å². The summed E-state index contributed by atoms with van der Waals surface area (Å²) in [7, 11) is 0. The molecule has 220 valence electrons. The Labute approximate surface area is 244 Å². The lowest BCUT2D eigenvalue weighted by Gasteiger charge is -2.26. The molecule has 4 aromatic rings. The van der Waals surface area contributed by atoms with E-state index in [1.807, 2.05) is 0 Å². The Kier molecular flexibility index (Phi) is 9.12. The van der Waals surface area contributed by atoms with E-state index in [-0.39, 0.29) is 36.3 Å². The monoisotopic (exact) mass is 627 g/mol. The van der Waals surface area contributed by atoms with E-state index in [9.17, 15) is 35.9 Å². The molecule has 42 heavy (non-hydrogen) atoms. The maximum Gasteiger partial charge on any atom is 0.418 e. The molecule has 0 radical (unpaired) electrons. The van der Waals surface area contributed by atoms with E-state index < -0.39 is 41.0 Å². The summed E-state index contributed by atoms with van der Waals surface area (Å²) < 4.78 is 82.4. The molecule has 4 rings (SSSR count). The van der Waals surface area contributed by atoms with Gasteiger partial charge in [-0.2, -0.15) is 26.3 Å². The van der Waals surface area contributed by atoms with Crippen LogP contribution < -0.4 is 10.2 Å². The van der Waals surface area contributed by atoms with Gasteiger partial charge in [-0.1, -0.05) is 41.9 Å². The number of aliphatic carboxylic acids is 1. The lowest BCUT2D eigenvalue weighted by molar-refractivity contribution is -0.143. The predicted molar refractivity (Wildman–Crippen MR) is 146 cm³/mol. The largest absolute Gasteiger partial charge is 0.481 e. The third-order valence-corrected chi connectivity index (χ3v) is 7.17. The fraction of sp³-hybridized carbons (Fsp3) is 0.179. The van der Waals surface area contributed by atoms with E-state index in [4.69, 9.17) is 16.7 Å². The number of amides is 1. The second-order valence-corrected chi connectivity index (χ2v) is 10.1. The Hall–Kier alpha value is -4.10. The highest BCUT2D eigenvalue weighted by atomic mass is 35.5. The van der Waals surface area contributed by atoms with E-state index in [0.29, 0.717) is 27.9 Å². The smallest absolute Gasteiger partial charge is 0.418 e. The summed E-state index contributed by atoms with van der Waals surface area (Å²) in [6.45, 7) is -0.347. The number of nitrogens with zero attached hydrogens (tertiary/aromatic N) is 2. The van der Waals surface area contributed by atoms with Crippen LogP contribution in [0.15, 0.2) is 72.1 Å². The molecule has 2 N–H and O–H groups in total. The highest BCUT2D eigenvalue weighted by Gasteiger charge is 2.40. The number of hydrogen-bond acceptors (Lipinski definition) is 5. The van der Waals surface area contributed by atoms with Crippen molar-refractivity contribution in [3.63, 3.8) is 0 Å². The summed E-state index contributed by atoms with van der Waals surface area (Å²) in [5.41, 5.74) is -2.03. The fourth-order valence-electron chi connectivity index (χ4n) is 3.94. The zero-order chi connectivity index (χ0) is 30.7. The summed E-state index contributed by atoms with van der Waals surface area (Å²) in [6, 6.07) is 13.8. The van der Waals surface area contributed by atoms with Crippen LogP contribution in [0.3, 0.4) is 0 Å². The maximum absolute atomic E-state index is 14.1. The van der Waals surface area contributed by atoms with Gasteiger partial charge in [-0.15, -0.1) is 11.3 Å². The Balaban J connectivity index is 1.74. The molecule has 3 aromatic carbocycles. The molecule has 0 spiro atoms. The van der Waals surface area contributed by atoms with Crippen LogP contribution in [0.4, 0.5) is 37.2 Å². The minimum Gasteiger partial charge on any atom is -0.481 e. The van der Waals surface area contributed by atoms with Gasteiger partial charge in [-0.05, 0) is 42.0 Å². The van der Waals surface area contributed by atoms with Gasteiger partial charge in [0, 0.05) is 28.1 Å². The molecule has 14 heteroatoms. The summed E-state index contributed by atoms with van der Waals surface area (Å²) in [5.74, 6) is -1.64. The first-order valence-electron chi connectivity index (χ1n) is 12.1. The molecule has 6 nitrogen and oxygen atoms in total. The first-order chi connectivity index (χ1) is 19.7. The summed E-state index contributed by atoms with van der Waals surface area (Å²) in [6.07, 6.45) is -10.4. The number of alkyl halides is 6. The van der Waals surface area contributed by atoms with Crippen molar-refractivity contribution in [2.45, 2.75) is 25.3 Å². The summed E-state index contributed by atoms with van der Waals surface area (Å²) >= 11 is 7.24. The number of anilines is 2.